The molecule has 1 N–H and O–H groups in total. The van der Waals surface area contributed by atoms with Crippen molar-refractivity contribution in [2.45, 2.75) is 6.42 Å². The average Bonchev–Trinajstić information content (AvgIpc) is 2.52. The molecule has 2 rings (SSSR count). The first-order chi connectivity index (χ1) is 9.00. The van der Waals surface area contributed by atoms with Gasteiger partial charge in [-0.2, -0.15) is 0 Å². The van der Waals surface area contributed by atoms with Gasteiger partial charge in [-0.3, -0.25) is 9.59 Å². The third-order valence-corrected chi connectivity index (χ3v) is 3.17. The molecule has 0 aliphatic carbocycles. The fraction of sp³-hybridized carbons (Fsp3) is 0.385. The van der Waals surface area contributed by atoms with Crippen molar-refractivity contribution in [2.24, 2.45) is 0 Å². The number of halogens is 1. The van der Waals surface area contributed by atoms with Gasteiger partial charge in [0, 0.05) is 20.1 Å². The van der Waals surface area contributed by atoms with Gasteiger partial charge in [-0.15, -0.1) is 0 Å². The largest absolute Gasteiger partial charge is 0.507 e. The summed E-state index contributed by atoms with van der Waals surface area (Å²) in [7, 11) is 1.66. The minimum atomic E-state index is -0.782. The van der Waals surface area contributed by atoms with Gasteiger partial charge in [-0.25, -0.2) is 4.39 Å². The van der Waals surface area contributed by atoms with E-state index in [4.69, 9.17) is 0 Å². The third-order valence-electron chi connectivity index (χ3n) is 3.17. The van der Waals surface area contributed by atoms with Crippen molar-refractivity contribution in [3.8, 4) is 5.75 Å². The Morgan fingerprint density at radius 2 is 2.11 bits per heavy atom. The Morgan fingerprint density at radius 1 is 1.37 bits per heavy atom. The Labute approximate surface area is 110 Å². The van der Waals surface area contributed by atoms with Gasteiger partial charge in [0.25, 0.3) is 5.91 Å². The summed E-state index contributed by atoms with van der Waals surface area (Å²) in [6.07, 6.45) is 0.628. The third kappa shape index (κ3) is 2.67. The number of carbonyl (C=O) groups is 2. The van der Waals surface area contributed by atoms with E-state index in [2.05, 4.69) is 0 Å². The molecule has 1 saturated heterocycles. The maximum absolute atomic E-state index is 13.6. The molecule has 1 aromatic rings. The zero-order valence-corrected chi connectivity index (χ0v) is 10.6. The van der Waals surface area contributed by atoms with E-state index in [0.29, 0.717) is 19.5 Å². The number of benzene rings is 1. The molecule has 2 amide bonds. The van der Waals surface area contributed by atoms with Gasteiger partial charge in [-0.1, -0.05) is 6.07 Å². The van der Waals surface area contributed by atoms with Crippen LogP contribution in [0.2, 0.25) is 0 Å². The van der Waals surface area contributed by atoms with Crippen LogP contribution < -0.4 is 0 Å². The van der Waals surface area contributed by atoms with Gasteiger partial charge in [0.1, 0.15) is 23.7 Å². The van der Waals surface area contributed by atoms with Crippen molar-refractivity contribution >= 4 is 11.8 Å². The van der Waals surface area contributed by atoms with Gasteiger partial charge in [0.15, 0.2) is 0 Å². The monoisotopic (exact) mass is 266 g/mol. The molecule has 0 bridgehead atoms. The highest BCUT2D eigenvalue weighted by Crippen LogP contribution is 2.22. The van der Waals surface area contributed by atoms with Crippen molar-refractivity contribution in [2.75, 3.05) is 26.7 Å². The molecule has 1 aliphatic rings. The van der Waals surface area contributed by atoms with Crippen LogP contribution in [0.3, 0.4) is 0 Å². The van der Waals surface area contributed by atoms with Crippen molar-refractivity contribution in [3.63, 3.8) is 0 Å². The summed E-state index contributed by atoms with van der Waals surface area (Å²) in [6.45, 7) is 0.831. The smallest absolute Gasteiger partial charge is 0.261 e. The first-order valence-corrected chi connectivity index (χ1v) is 6.01. The van der Waals surface area contributed by atoms with Crippen LogP contribution in [0.15, 0.2) is 18.2 Å². The summed E-state index contributed by atoms with van der Waals surface area (Å²) in [5.41, 5.74) is -0.375. The quantitative estimate of drug-likeness (QED) is 0.819. The Bertz CT molecular complexity index is 498. The zero-order valence-electron chi connectivity index (χ0n) is 10.6. The normalized spacial score (nSPS) is 16.4. The number of rotatable bonds is 1. The van der Waals surface area contributed by atoms with Crippen molar-refractivity contribution in [1.82, 2.24) is 9.80 Å². The first-order valence-electron chi connectivity index (χ1n) is 6.01. The number of amides is 2. The van der Waals surface area contributed by atoms with Crippen LogP contribution in [0.4, 0.5) is 4.39 Å². The Kier molecular flexibility index (Phi) is 3.69. The predicted molar refractivity (Wildman–Crippen MR) is 66.2 cm³/mol. The van der Waals surface area contributed by atoms with Crippen LogP contribution in [0, 0.1) is 5.82 Å². The molecule has 1 aromatic carbocycles. The standard InChI is InChI=1S/C13H15FN2O3/c1-15-6-3-7-16(8-11(15)18)13(19)12-9(14)4-2-5-10(12)17/h2,4-5,17H,3,6-8H2,1H3. The number of aromatic hydroxyl groups is 1. The molecule has 5 nitrogen and oxygen atoms in total. The molecule has 1 heterocycles. The summed E-state index contributed by atoms with van der Waals surface area (Å²) in [5.74, 6) is -2.04. The van der Waals surface area contributed by atoms with Crippen LogP contribution in [0.25, 0.3) is 0 Å². The molecule has 0 spiro atoms. The van der Waals surface area contributed by atoms with E-state index in [1.807, 2.05) is 0 Å². The zero-order chi connectivity index (χ0) is 14.0. The second-order valence-corrected chi connectivity index (χ2v) is 4.53. The molecule has 6 heteroatoms. The number of phenols is 1. The topological polar surface area (TPSA) is 60.9 Å². The fourth-order valence-corrected chi connectivity index (χ4v) is 2.04. The number of hydrogen-bond acceptors (Lipinski definition) is 3. The van der Waals surface area contributed by atoms with E-state index in [1.54, 1.807) is 7.05 Å². The van der Waals surface area contributed by atoms with Crippen LogP contribution in [-0.4, -0.2) is 53.4 Å². The second kappa shape index (κ2) is 5.26. The lowest BCUT2D eigenvalue weighted by Crippen LogP contribution is -2.38. The Hall–Kier alpha value is -2.11. The van der Waals surface area contributed by atoms with Gasteiger partial charge in [-0.05, 0) is 18.6 Å². The maximum atomic E-state index is 13.6. The van der Waals surface area contributed by atoms with E-state index < -0.39 is 17.5 Å². The minimum Gasteiger partial charge on any atom is -0.507 e. The van der Waals surface area contributed by atoms with E-state index in [1.165, 1.54) is 21.9 Å². The van der Waals surface area contributed by atoms with Crippen molar-refractivity contribution in [3.05, 3.63) is 29.6 Å². The fourth-order valence-electron chi connectivity index (χ4n) is 2.04. The Morgan fingerprint density at radius 3 is 2.79 bits per heavy atom. The lowest BCUT2D eigenvalue weighted by atomic mass is 10.1. The number of nitrogens with zero attached hydrogens (tertiary/aromatic N) is 2. The van der Waals surface area contributed by atoms with E-state index >= 15 is 0 Å². The van der Waals surface area contributed by atoms with Gasteiger partial charge in [0.05, 0.1) is 0 Å². The number of carbonyl (C=O) groups excluding carboxylic acids is 2. The molecule has 0 unspecified atom stereocenters. The molecular formula is C13H15FN2O3. The molecule has 1 aliphatic heterocycles. The average molecular weight is 266 g/mol. The van der Waals surface area contributed by atoms with Gasteiger partial charge in [0.2, 0.25) is 5.91 Å². The molecule has 19 heavy (non-hydrogen) atoms. The van der Waals surface area contributed by atoms with Crippen LogP contribution in [-0.2, 0) is 4.79 Å². The molecule has 0 atom stereocenters. The van der Waals surface area contributed by atoms with Gasteiger partial charge >= 0.3 is 0 Å². The number of phenolic OH excluding ortho intramolecular Hbond substituents is 1. The van der Waals surface area contributed by atoms with Crippen LogP contribution >= 0.6 is 0 Å². The number of hydrogen-bond donors (Lipinski definition) is 1. The van der Waals surface area contributed by atoms with Crippen molar-refractivity contribution < 1.29 is 19.1 Å². The summed E-state index contributed by atoms with van der Waals surface area (Å²) in [4.78, 5) is 26.7. The van der Waals surface area contributed by atoms with Crippen LogP contribution in [0.1, 0.15) is 16.8 Å². The highest BCUT2D eigenvalue weighted by Gasteiger charge is 2.27. The van der Waals surface area contributed by atoms with E-state index in [-0.39, 0.29) is 18.0 Å². The molecule has 0 saturated carbocycles. The molecule has 0 radical (unpaired) electrons. The highest BCUT2D eigenvalue weighted by molar-refractivity contribution is 5.99. The first kappa shape index (κ1) is 13.3. The van der Waals surface area contributed by atoms with Crippen molar-refractivity contribution in [1.29, 1.82) is 0 Å². The summed E-state index contributed by atoms with van der Waals surface area (Å²) < 4.78 is 13.6. The van der Waals surface area contributed by atoms with E-state index in [9.17, 15) is 19.1 Å². The maximum Gasteiger partial charge on any atom is 0.261 e. The molecular weight excluding hydrogens is 251 g/mol. The van der Waals surface area contributed by atoms with Gasteiger partial charge < -0.3 is 14.9 Å². The highest BCUT2D eigenvalue weighted by atomic mass is 19.1. The molecule has 1 fully saturated rings. The number of likely N-dealkylation sites (N-methyl/N-ethyl adjacent to an activating group) is 1. The Balaban J connectivity index is 2.26. The lowest BCUT2D eigenvalue weighted by Gasteiger charge is -2.20. The molecule has 0 aromatic heterocycles. The molecule has 102 valence electrons. The summed E-state index contributed by atoms with van der Waals surface area (Å²) in [5, 5.41) is 9.60. The summed E-state index contributed by atoms with van der Waals surface area (Å²) in [6, 6.07) is 3.68. The SMILES string of the molecule is CN1CCCN(C(=O)c2c(O)cccc2F)CC1=O. The van der Waals surface area contributed by atoms with E-state index in [0.717, 1.165) is 6.07 Å². The minimum absolute atomic E-state index is 0.0941. The lowest BCUT2D eigenvalue weighted by molar-refractivity contribution is -0.129. The second-order valence-electron chi connectivity index (χ2n) is 4.53. The summed E-state index contributed by atoms with van der Waals surface area (Å²) >= 11 is 0. The predicted octanol–water partition coefficient (Wildman–Crippen LogP) is 0.836. The van der Waals surface area contributed by atoms with Crippen LogP contribution in [0.5, 0.6) is 5.75 Å².